The lowest BCUT2D eigenvalue weighted by Gasteiger charge is -2.30. The first kappa shape index (κ1) is 18.5. The van der Waals surface area contributed by atoms with Crippen LogP contribution in [0, 0.1) is 12.3 Å². The quantitative estimate of drug-likeness (QED) is 0.865. The molecule has 0 fully saturated rings. The van der Waals surface area contributed by atoms with Crippen LogP contribution in [0.1, 0.15) is 70.4 Å². The standard InChI is InChI=1S/C19H23N3O3S/c1-10-9-20-17(26-10)19(4,5)22-16(25)12-6-11-13(21-15(12)24)7-18(2,3)8-14(11)23/h6,9H,7-8H2,1-5H3,(H,21,24)(H,22,25). The zero-order valence-electron chi connectivity index (χ0n) is 15.6. The number of rotatable bonds is 3. The van der Waals surface area contributed by atoms with Gasteiger partial charge in [0.2, 0.25) is 0 Å². The molecule has 0 unspecified atom stereocenters. The van der Waals surface area contributed by atoms with Crippen LogP contribution in [0.3, 0.4) is 0 Å². The highest BCUT2D eigenvalue weighted by Gasteiger charge is 2.33. The molecule has 6 nitrogen and oxygen atoms in total. The van der Waals surface area contributed by atoms with Crippen LogP contribution in [0.15, 0.2) is 17.1 Å². The lowest BCUT2D eigenvalue weighted by Crippen LogP contribution is -2.43. The van der Waals surface area contributed by atoms with Crippen LogP contribution in [0.25, 0.3) is 0 Å². The molecule has 1 aliphatic rings. The summed E-state index contributed by atoms with van der Waals surface area (Å²) < 4.78 is 0. The fraction of sp³-hybridized carbons (Fsp3) is 0.474. The van der Waals surface area contributed by atoms with Crippen molar-refractivity contribution < 1.29 is 9.59 Å². The van der Waals surface area contributed by atoms with Gasteiger partial charge in [-0.1, -0.05) is 13.8 Å². The lowest BCUT2D eigenvalue weighted by molar-refractivity contribution is 0.0909. The highest BCUT2D eigenvalue weighted by Crippen LogP contribution is 2.33. The maximum absolute atomic E-state index is 12.7. The van der Waals surface area contributed by atoms with Gasteiger partial charge in [0.25, 0.3) is 11.5 Å². The molecule has 3 rings (SSSR count). The number of thiazole rings is 1. The van der Waals surface area contributed by atoms with E-state index in [1.807, 2.05) is 34.6 Å². The molecule has 2 aromatic rings. The number of aromatic amines is 1. The van der Waals surface area contributed by atoms with Crippen molar-refractivity contribution in [2.75, 3.05) is 0 Å². The van der Waals surface area contributed by atoms with Gasteiger partial charge in [-0.05, 0) is 38.7 Å². The van der Waals surface area contributed by atoms with Gasteiger partial charge in [0.05, 0.1) is 5.54 Å². The van der Waals surface area contributed by atoms with E-state index in [4.69, 9.17) is 0 Å². The average molecular weight is 373 g/mol. The molecule has 0 saturated carbocycles. The van der Waals surface area contributed by atoms with E-state index in [0.29, 0.717) is 24.1 Å². The Morgan fingerprint density at radius 1 is 1.31 bits per heavy atom. The molecule has 0 atom stereocenters. The first-order valence-electron chi connectivity index (χ1n) is 8.53. The average Bonchev–Trinajstić information content (AvgIpc) is 2.92. The highest BCUT2D eigenvalue weighted by atomic mass is 32.1. The number of carbonyl (C=O) groups excluding carboxylic acids is 2. The van der Waals surface area contributed by atoms with Gasteiger partial charge in [0.15, 0.2) is 5.78 Å². The van der Waals surface area contributed by atoms with Gasteiger partial charge in [-0.3, -0.25) is 14.4 Å². The van der Waals surface area contributed by atoms with Gasteiger partial charge in [0, 0.05) is 28.8 Å². The first-order valence-corrected chi connectivity index (χ1v) is 9.35. The predicted octanol–water partition coefficient (Wildman–Crippen LogP) is 2.96. The molecular formula is C19H23N3O3S. The maximum atomic E-state index is 12.7. The van der Waals surface area contributed by atoms with E-state index < -0.39 is 17.0 Å². The van der Waals surface area contributed by atoms with Crippen LogP contribution in [-0.2, 0) is 12.0 Å². The summed E-state index contributed by atoms with van der Waals surface area (Å²) in [5.74, 6) is -0.555. The van der Waals surface area contributed by atoms with E-state index >= 15 is 0 Å². The van der Waals surface area contributed by atoms with Crippen molar-refractivity contribution in [3.63, 3.8) is 0 Å². The number of pyridine rings is 1. The van der Waals surface area contributed by atoms with E-state index in [9.17, 15) is 14.4 Å². The number of carbonyl (C=O) groups is 2. The number of aromatic nitrogens is 2. The second-order valence-corrected chi connectivity index (χ2v) is 9.44. The Morgan fingerprint density at radius 2 is 2.00 bits per heavy atom. The largest absolute Gasteiger partial charge is 0.340 e. The third kappa shape index (κ3) is 3.49. The van der Waals surface area contributed by atoms with Crippen molar-refractivity contribution in [1.29, 1.82) is 0 Å². The zero-order valence-corrected chi connectivity index (χ0v) is 16.5. The molecule has 2 N–H and O–H groups in total. The van der Waals surface area contributed by atoms with Crippen molar-refractivity contribution in [3.05, 3.63) is 49.3 Å². The number of amides is 1. The van der Waals surface area contributed by atoms with Crippen LogP contribution in [0.5, 0.6) is 0 Å². The van der Waals surface area contributed by atoms with Crippen LogP contribution < -0.4 is 10.9 Å². The Hall–Kier alpha value is -2.28. The van der Waals surface area contributed by atoms with Crippen molar-refractivity contribution in [2.24, 2.45) is 5.41 Å². The molecule has 1 aliphatic carbocycles. The fourth-order valence-corrected chi connectivity index (χ4v) is 4.07. The van der Waals surface area contributed by atoms with E-state index in [-0.39, 0.29) is 16.8 Å². The van der Waals surface area contributed by atoms with Gasteiger partial charge in [0.1, 0.15) is 10.6 Å². The van der Waals surface area contributed by atoms with Crippen LogP contribution in [-0.4, -0.2) is 21.7 Å². The van der Waals surface area contributed by atoms with Crippen molar-refractivity contribution in [3.8, 4) is 0 Å². The van der Waals surface area contributed by atoms with Gasteiger partial charge >= 0.3 is 0 Å². The lowest BCUT2D eigenvalue weighted by atomic mass is 9.75. The molecule has 138 valence electrons. The fourth-order valence-electron chi connectivity index (χ4n) is 3.24. The number of aryl methyl sites for hydroxylation is 1. The number of fused-ring (bicyclic) bond motifs is 1. The summed E-state index contributed by atoms with van der Waals surface area (Å²) in [6.07, 6.45) is 2.76. The molecule has 0 spiro atoms. The minimum atomic E-state index is -0.718. The minimum absolute atomic E-state index is 0.0434. The van der Waals surface area contributed by atoms with Gasteiger partial charge in [-0.25, -0.2) is 4.98 Å². The van der Waals surface area contributed by atoms with Crippen LogP contribution >= 0.6 is 11.3 Å². The Labute approximate surface area is 156 Å². The van der Waals surface area contributed by atoms with Crippen LogP contribution in [0.4, 0.5) is 0 Å². The second-order valence-electron chi connectivity index (χ2n) is 8.20. The third-order valence-electron chi connectivity index (χ3n) is 4.54. The first-order chi connectivity index (χ1) is 12.0. The summed E-state index contributed by atoms with van der Waals surface area (Å²) in [6.45, 7) is 9.60. The normalized spacial score (nSPS) is 16.3. The Morgan fingerprint density at radius 3 is 2.62 bits per heavy atom. The smallest absolute Gasteiger partial charge is 0.261 e. The Balaban J connectivity index is 1.93. The molecule has 7 heteroatoms. The summed E-state index contributed by atoms with van der Waals surface area (Å²) in [5.41, 5.74) is -0.373. The summed E-state index contributed by atoms with van der Waals surface area (Å²) in [4.78, 5) is 45.7. The molecule has 1 amide bonds. The number of Topliss-reactive ketones (excluding diaryl/α,β-unsaturated/α-hetero) is 1. The van der Waals surface area contributed by atoms with E-state index in [2.05, 4.69) is 15.3 Å². The molecule has 0 saturated heterocycles. The van der Waals surface area contributed by atoms with Gasteiger partial charge in [-0.2, -0.15) is 0 Å². The second kappa shape index (κ2) is 6.16. The Kier molecular flexibility index (Phi) is 4.38. The molecule has 0 bridgehead atoms. The van der Waals surface area contributed by atoms with Crippen molar-refractivity contribution in [2.45, 2.75) is 53.0 Å². The molecule has 0 aliphatic heterocycles. The molecular weight excluding hydrogens is 350 g/mol. The summed E-state index contributed by atoms with van der Waals surface area (Å²) >= 11 is 1.49. The van der Waals surface area contributed by atoms with E-state index in [0.717, 1.165) is 9.88 Å². The number of nitrogens with one attached hydrogen (secondary N) is 2. The molecule has 0 radical (unpaired) electrons. The predicted molar refractivity (Wildman–Crippen MR) is 101 cm³/mol. The number of nitrogens with zero attached hydrogens (tertiary/aromatic N) is 1. The maximum Gasteiger partial charge on any atom is 0.261 e. The Bertz CT molecular complexity index is 953. The molecule has 0 aromatic carbocycles. The van der Waals surface area contributed by atoms with E-state index in [1.165, 1.54) is 17.4 Å². The summed E-state index contributed by atoms with van der Waals surface area (Å²) in [6, 6.07) is 1.43. The number of H-pyrrole nitrogens is 1. The van der Waals surface area contributed by atoms with E-state index in [1.54, 1.807) is 6.20 Å². The minimum Gasteiger partial charge on any atom is -0.340 e. The number of hydrogen-bond donors (Lipinski definition) is 2. The molecule has 2 aromatic heterocycles. The zero-order chi connectivity index (χ0) is 19.3. The number of hydrogen-bond acceptors (Lipinski definition) is 5. The summed E-state index contributed by atoms with van der Waals surface area (Å²) in [7, 11) is 0. The monoisotopic (exact) mass is 373 g/mol. The molecule has 2 heterocycles. The molecule has 26 heavy (non-hydrogen) atoms. The highest BCUT2D eigenvalue weighted by molar-refractivity contribution is 7.11. The SMILES string of the molecule is Cc1cnc(C(C)(C)NC(=O)c2cc3c([nH]c2=O)CC(C)(C)CC3=O)s1. The van der Waals surface area contributed by atoms with Gasteiger partial charge < -0.3 is 10.3 Å². The topological polar surface area (TPSA) is 91.9 Å². The summed E-state index contributed by atoms with van der Waals surface area (Å²) in [5, 5.41) is 3.62. The number of ketones is 1. The third-order valence-corrected chi connectivity index (χ3v) is 5.78. The van der Waals surface area contributed by atoms with Crippen molar-refractivity contribution >= 4 is 23.0 Å². The van der Waals surface area contributed by atoms with Gasteiger partial charge in [-0.15, -0.1) is 11.3 Å². The van der Waals surface area contributed by atoms with Crippen LogP contribution in [0.2, 0.25) is 0 Å². The van der Waals surface area contributed by atoms with Crippen molar-refractivity contribution in [1.82, 2.24) is 15.3 Å².